The van der Waals surface area contributed by atoms with E-state index >= 15 is 0 Å². The summed E-state index contributed by atoms with van der Waals surface area (Å²) in [5, 5.41) is -1.79. The number of hydrogen-bond acceptors (Lipinski definition) is 4. The van der Waals surface area contributed by atoms with Crippen molar-refractivity contribution in [2.45, 2.75) is 25.6 Å². The van der Waals surface area contributed by atoms with E-state index in [9.17, 15) is 27.2 Å². The number of alkyl halides is 3. The number of esters is 2. The number of halogens is 7. The van der Waals surface area contributed by atoms with Gasteiger partial charge in [0.25, 0.3) is 0 Å². The van der Waals surface area contributed by atoms with Gasteiger partial charge in [-0.2, -0.15) is 13.2 Å². The van der Waals surface area contributed by atoms with Crippen molar-refractivity contribution in [2.24, 2.45) is 7.05 Å². The molecule has 0 radical (unpaired) electrons. The average Bonchev–Trinajstić information content (AvgIpc) is 2.88. The number of benzene rings is 1. The van der Waals surface area contributed by atoms with Gasteiger partial charge in [-0.15, -0.1) is 0 Å². The molecule has 0 aliphatic rings. The molecule has 1 aromatic carbocycles. The van der Waals surface area contributed by atoms with E-state index in [1.54, 1.807) is 0 Å². The summed E-state index contributed by atoms with van der Waals surface area (Å²) in [6, 6.07) is 1.54. The van der Waals surface area contributed by atoms with Gasteiger partial charge in [0.1, 0.15) is 23.3 Å². The third-order valence-corrected chi connectivity index (χ3v) is 5.37. The highest BCUT2D eigenvalue weighted by Crippen LogP contribution is 2.46. The van der Waals surface area contributed by atoms with Crippen molar-refractivity contribution >= 4 is 46.7 Å². The SMILES string of the molecule is C=CCOC(=O)C(C)(C)OC(=O)c1cc(-c2c(Cl)c(C(F)(F)F)n(C)c2Cl)c(F)cc1Cl. The standard InChI is InChI=1S/C20H16Cl3F4NO4/c1-5-6-31-18(30)19(2,3)32-17(29)9-7-10(12(24)8-11(9)21)13-14(22)15(20(25,26)27)28(4)16(13)23/h5,7-8H,1,6H2,2-4H3. The quantitative estimate of drug-likeness (QED) is 0.251. The van der Waals surface area contributed by atoms with Crippen LogP contribution < -0.4 is 0 Å². The lowest BCUT2D eigenvalue weighted by molar-refractivity contribution is -0.161. The Labute approximate surface area is 195 Å². The summed E-state index contributed by atoms with van der Waals surface area (Å²) in [4.78, 5) is 24.7. The molecule has 0 amide bonds. The van der Waals surface area contributed by atoms with Crippen LogP contribution in [-0.4, -0.2) is 28.7 Å². The topological polar surface area (TPSA) is 57.5 Å². The van der Waals surface area contributed by atoms with Crippen LogP contribution in [0.15, 0.2) is 24.8 Å². The highest BCUT2D eigenvalue weighted by atomic mass is 35.5. The Bertz CT molecular complexity index is 1090. The van der Waals surface area contributed by atoms with E-state index < -0.39 is 67.1 Å². The summed E-state index contributed by atoms with van der Waals surface area (Å²) in [6.07, 6.45) is -3.57. The fourth-order valence-corrected chi connectivity index (χ4v) is 3.68. The monoisotopic (exact) mass is 515 g/mol. The van der Waals surface area contributed by atoms with Crippen LogP contribution >= 0.6 is 34.8 Å². The second-order valence-corrected chi connectivity index (χ2v) is 8.13. The minimum absolute atomic E-state index is 0.131. The Morgan fingerprint density at radius 2 is 1.78 bits per heavy atom. The maximum absolute atomic E-state index is 14.7. The van der Waals surface area contributed by atoms with Gasteiger partial charge in [-0.3, -0.25) is 0 Å². The summed E-state index contributed by atoms with van der Waals surface area (Å²) >= 11 is 17.8. The van der Waals surface area contributed by atoms with Gasteiger partial charge >= 0.3 is 18.1 Å². The molecular formula is C20H16Cl3F4NO4. The van der Waals surface area contributed by atoms with Gasteiger partial charge in [-0.25, -0.2) is 14.0 Å². The van der Waals surface area contributed by atoms with Crippen LogP contribution in [0.2, 0.25) is 15.2 Å². The molecule has 5 nitrogen and oxygen atoms in total. The first kappa shape index (κ1) is 26.0. The number of rotatable bonds is 6. The van der Waals surface area contributed by atoms with Crippen LogP contribution in [0.5, 0.6) is 0 Å². The Morgan fingerprint density at radius 1 is 1.19 bits per heavy atom. The van der Waals surface area contributed by atoms with Gasteiger partial charge in [0.2, 0.25) is 5.60 Å². The minimum atomic E-state index is -4.88. The van der Waals surface area contributed by atoms with E-state index in [1.807, 2.05) is 0 Å². The Balaban J connectivity index is 2.56. The second kappa shape index (κ2) is 9.33. The van der Waals surface area contributed by atoms with E-state index in [4.69, 9.17) is 44.3 Å². The summed E-state index contributed by atoms with van der Waals surface area (Å²) in [5.74, 6) is -3.14. The largest absolute Gasteiger partial charge is 0.459 e. The smallest absolute Gasteiger partial charge is 0.432 e. The number of aromatic nitrogens is 1. The van der Waals surface area contributed by atoms with Crippen molar-refractivity contribution in [3.05, 3.63) is 57.1 Å². The molecule has 1 heterocycles. The fourth-order valence-electron chi connectivity index (χ4n) is 2.70. The zero-order chi connectivity index (χ0) is 24.6. The van der Waals surface area contributed by atoms with Gasteiger partial charge in [0.15, 0.2) is 0 Å². The summed E-state index contributed by atoms with van der Waals surface area (Å²) in [5.41, 5.74) is -4.50. The van der Waals surface area contributed by atoms with Crippen molar-refractivity contribution in [1.29, 1.82) is 0 Å². The Hall–Kier alpha value is -2.23. The van der Waals surface area contributed by atoms with Crippen LogP contribution in [0.25, 0.3) is 11.1 Å². The van der Waals surface area contributed by atoms with Crippen LogP contribution in [0, 0.1) is 5.82 Å². The van der Waals surface area contributed by atoms with E-state index in [0.29, 0.717) is 10.6 Å². The van der Waals surface area contributed by atoms with Crippen LogP contribution in [0.1, 0.15) is 29.9 Å². The maximum Gasteiger partial charge on any atom is 0.432 e. The van der Waals surface area contributed by atoms with Crippen LogP contribution in [0.3, 0.4) is 0 Å². The normalized spacial score (nSPS) is 11.9. The first-order chi connectivity index (χ1) is 14.6. The number of carbonyl (C=O) groups excluding carboxylic acids is 2. The lowest BCUT2D eigenvalue weighted by atomic mass is 10.0. The molecule has 0 saturated heterocycles. The first-order valence-corrected chi connectivity index (χ1v) is 9.88. The molecule has 0 atom stereocenters. The van der Waals surface area contributed by atoms with Crippen molar-refractivity contribution in [2.75, 3.05) is 6.61 Å². The predicted molar refractivity (Wildman–Crippen MR) is 111 cm³/mol. The first-order valence-electron chi connectivity index (χ1n) is 8.75. The number of nitrogens with zero attached hydrogens (tertiary/aromatic N) is 1. The fraction of sp³-hybridized carbons (Fsp3) is 0.300. The zero-order valence-electron chi connectivity index (χ0n) is 16.9. The maximum atomic E-state index is 14.7. The number of hydrogen-bond donors (Lipinski definition) is 0. The van der Waals surface area contributed by atoms with Crippen molar-refractivity contribution < 1.29 is 36.6 Å². The lowest BCUT2D eigenvalue weighted by Gasteiger charge is -2.23. The van der Waals surface area contributed by atoms with Crippen molar-refractivity contribution in [3.63, 3.8) is 0 Å². The molecule has 0 N–H and O–H groups in total. The molecular weight excluding hydrogens is 501 g/mol. The molecule has 0 spiro atoms. The second-order valence-electron chi connectivity index (χ2n) is 6.98. The molecule has 1 aromatic heterocycles. The molecule has 2 rings (SSSR count). The van der Waals surface area contributed by atoms with E-state index in [0.717, 1.165) is 13.1 Å². The molecule has 2 aromatic rings. The molecule has 32 heavy (non-hydrogen) atoms. The molecule has 0 aliphatic carbocycles. The third kappa shape index (κ3) is 5.05. The highest BCUT2D eigenvalue weighted by Gasteiger charge is 2.40. The number of ether oxygens (including phenoxy) is 2. The minimum Gasteiger partial charge on any atom is -0.459 e. The molecule has 12 heteroatoms. The molecule has 0 unspecified atom stereocenters. The van der Waals surface area contributed by atoms with E-state index in [-0.39, 0.29) is 6.61 Å². The van der Waals surface area contributed by atoms with Gasteiger partial charge in [0.05, 0.1) is 15.6 Å². The van der Waals surface area contributed by atoms with E-state index in [1.165, 1.54) is 19.9 Å². The van der Waals surface area contributed by atoms with Gasteiger partial charge in [-0.05, 0) is 26.0 Å². The number of carbonyl (C=O) groups is 2. The summed E-state index contributed by atoms with van der Waals surface area (Å²) in [7, 11) is 1.00. The molecule has 0 aliphatic heterocycles. The molecule has 0 bridgehead atoms. The predicted octanol–water partition coefficient (Wildman–Crippen LogP) is 6.47. The molecule has 0 fully saturated rings. The third-order valence-electron chi connectivity index (χ3n) is 4.25. The van der Waals surface area contributed by atoms with Crippen molar-refractivity contribution in [3.8, 4) is 11.1 Å². The van der Waals surface area contributed by atoms with Crippen LogP contribution in [0.4, 0.5) is 17.6 Å². The average molecular weight is 517 g/mol. The molecule has 0 saturated carbocycles. The molecule has 174 valence electrons. The van der Waals surface area contributed by atoms with Gasteiger partial charge < -0.3 is 14.0 Å². The van der Waals surface area contributed by atoms with Gasteiger partial charge in [0, 0.05) is 18.2 Å². The summed E-state index contributed by atoms with van der Waals surface area (Å²) < 4.78 is 65.2. The van der Waals surface area contributed by atoms with Crippen LogP contribution in [-0.2, 0) is 27.5 Å². The van der Waals surface area contributed by atoms with E-state index in [2.05, 4.69) is 6.58 Å². The zero-order valence-corrected chi connectivity index (χ0v) is 19.1. The summed E-state index contributed by atoms with van der Waals surface area (Å²) in [6.45, 7) is 5.75. The van der Waals surface area contributed by atoms with Gasteiger partial charge in [-0.1, -0.05) is 47.5 Å². The lowest BCUT2D eigenvalue weighted by Crippen LogP contribution is -2.39. The highest BCUT2D eigenvalue weighted by molar-refractivity contribution is 6.40. The van der Waals surface area contributed by atoms with Crippen molar-refractivity contribution in [1.82, 2.24) is 4.57 Å². The Morgan fingerprint density at radius 3 is 2.28 bits per heavy atom. The Kier molecular flexibility index (Phi) is 7.59.